The highest BCUT2D eigenvalue weighted by Crippen LogP contribution is 2.63. The third-order valence-electron chi connectivity index (χ3n) is 5.77. The molecular formula is C21H34O3SSi. The van der Waals surface area contributed by atoms with Gasteiger partial charge in [0.25, 0.3) is 0 Å². The number of allylic oxidation sites excluding steroid dienone is 1. The van der Waals surface area contributed by atoms with Crippen LogP contribution in [0, 0.1) is 0 Å². The maximum Gasteiger partial charge on any atom is 0.184 e. The zero-order chi connectivity index (χ0) is 19.5. The van der Waals surface area contributed by atoms with Crippen LogP contribution in [-0.4, -0.2) is 33.6 Å². The zero-order valence-corrected chi connectivity index (χ0v) is 18.7. The topological polar surface area (TPSA) is 43.4 Å². The van der Waals surface area contributed by atoms with E-state index in [2.05, 4.69) is 38.7 Å². The third-order valence-corrected chi connectivity index (χ3v) is 13.7. The van der Waals surface area contributed by atoms with Crippen LogP contribution < -0.4 is 0 Å². The van der Waals surface area contributed by atoms with E-state index in [9.17, 15) is 8.42 Å². The van der Waals surface area contributed by atoms with Crippen LogP contribution in [0.4, 0.5) is 0 Å². The largest absolute Gasteiger partial charge is 0.373 e. The molecule has 2 unspecified atom stereocenters. The van der Waals surface area contributed by atoms with Gasteiger partial charge in [-0.3, -0.25) is 0 Å². The molecule has 146 valence electrons. The van der Waals surface area contributed by atoms with Crippen LogP contribution in [0.25, 0.3) is 0 Å². The number of benzene rings is 1. The first-order valence-corrected chi connectivity index (χ1v) is 14.7. The summed E-state index contributed by atoms with van der Waals surface area (Å²) < 4.78 is 32.4. The smallest absolute Gasteiger partial charge is 0.184 e. The lowest BCUT2D eigenvalue weighted by Crippen LogP contribution is -2.53. The fourth-order valence-corrected chi connectivity index (χ4v) is 12.0. The standard InChI is InChI=1S/C21H34O3SSi/c1-6-7-8-9-10-14-17-20(24-2)18-21(20,26(3,4)5)25(22,23)19-15-12-11-13-16-19/h11-17H,6-10,18H2,1-5H3/b17-14+. The van der Waals surface area contributed by atoms with Crippen molar-refractivity contribution in [1.82, 2.24) is 0 Å². The number of hydrogen-bond donors (Lipinski definition) is 0. The van der Waals surface area contributed by atoms with E-state index in [1.807, 2.05) is 6.07 Å². The predicted octanol–water partition coefficient (Wildman–Crippen LogP) is 5.39. The Morgan fingerprint density at radius 1 is 1.12 bits per heavy atom. The molecule has 0 bridgehead atoms. The number of unbranched alkanes of at least 4 members (excludes halogenated alkanes) is 4. The molecule has 2 rings (SSSR count). The van der Waals surface area contributed by atoms with Gasteiger partial charge in [0.2, 0.25) is 0 Å². The molecule has 0 amide bonds. The van der Waals surface area contributed by atoms with Crippen molar-refractivity contribution in [3.05, 3.63) is 42.5 Å². The average molecular weight is 395 g/mol. The van der Waals surface area contributed by atoms with Gasteiger partial charge in [-0.1, -0.05) is 76.2 Å². The summed E-state index contributed by atoms with van der Waals surface area (Å²) in [6, 6.07) is 8.87. The summed E-state index contributed by atoms with van der Waals surface area (Å²) in [6.07, 6.45) is 10.6. The molecule has 0 spiro atoms. The molecule has 3 nitrogen and oxygen atoms in total. The number of sulfone groups is 1. The van der Waals surface area contributed by atoms with Gasteiger partial charge in [0.05, 0.1) is 13.0 Å². The molecule has 5 heteroatoms. The Balaban J connectivity index is 2.33. The van der Waals surface area contributed by atoms with Crippen molar-refractivity contribution in [2.45, 2.75) is 80.0 Å². The summed E-state index contributed by atoms with van der Waals surface area (Å²) >= 11 is 0. The lowest BCUT2D eigenvalue weighted by molar-refractivity contribution is 0.117. The van der Waals surface area contributed by atoms with Gasteiger partial charge in [-0.15, -0.1) is 0 Å². The monoisotopic (exact) mass is 394 g/mol. The summed E-state index contributed by atoms with van der Waals surface area (Å²) in [5.41, 5.74) is -0.684. The number of rotatable bonds is 10. The quantitative estimate of drug-likeness (QED) is 0.303. The van der Waals surface area contributed by atoms with Gasteiger partial charge in [-0.25, -0.2) is 8.42 Å². The molecule has 0 heterocycles. The zero-order valence-electron chi connectivity index (χ0n) is 16.9. The summed E-state index contributed by atoms with van der Waals surface area (Å²) in [5.74, 6) is 0. The van der Waals surface area contributed by atoms with Crippen LogP contribution >= 0.6 is 0 Å². The molecule has 1 aliphatic rings. The van der Waals surface area contributed by atoms with Gasteiger partial charge in [0.1, 0.15) is 9.97 Å². The van der Waals surface area contributed by atoms with Crippen molar-refractivity contribution < 1.29 is 13.2 Å². The van der Waals surface area contributed by atoms with E-state index in [4.69, 9.17) is 4.74 Å². The van der Waals surface area contributed by atoms with Crippen molar-refractivity contribution in [1.29, 1.82) is 0 Å². The lowest BCUT2D eigenvalue weighted by Gasteiger charge is -2.33. The first kappa shape index (κ1) is 21.4. The normalized spacial score (nSPS) is 26.3. The minimum atomic E-state index is -3.47. The van der Waals surface area contributed by atoms with Gasteiger partial charge < -0.3 is 4.74 Å². The fourth-order valence-electron chi connectivity index (χ4n) is 4.21. The second-order valence-electron chi connectivity index (χ2n) is 8.42. The number of methoxy groups -OCH3 is 1. The molecule has 1 fully saturated rings. The van der Waals surface area contributed by atoms with Gasteiger partial charge in [-0.05, 0) is 25.0 Å². The molecule has 0 N–H and O–H groups in total. The maximum absolute atomic E-state index is 13.6. The van der Waals surface area contributed by atoms with Gasteiger partial charge in [-0.2, -0.15) is 0 Å². The Morgan fingerprint density at radius 3 is 2.31 bits per heavy atom. The molecule has 0 aliphatic heterocycles. The highest BCUT2D eigenvalue weighted by molar-refractivity contribution is 7.95. The molecule has 1 aliphatic carbocycles. The highest BCUT2D eigenvalue weighted by Gasteiger charge is 2.79. The van der Waals surface area contributed by atoms with E-state index in [0.717, 1.165) is 12.8 Å². The van der Waals surface area contributed by atoms with Crippen LogP contribution in [-0.2, 0) is 14.6 Å². The lowest BCUT2D eigenvalue weighted by atomic mass is 10.1. The van der Waals surface area contributed by atoms with Gasteiger partial charge >= 0.3 is 0 Å². The molecule has 0 aromatic heterocycles. The number of ether oxygens (including phenoxy) is 1. The van der Waals surface area contributed by atoms with Crippen molar-refractivity contribution in [3.63, 3.8) is 0 Å². The summed E-state index contributed by atoms with van der Waals surface area (Å²) in [6.45, 7) is 8.63. The molecule has 1 aromatic rings. The van der Waals surface area contributed by atoms with E-state index in [1.54, 1.807) is 31.4 Å². The SMILES string of the molecule is CCCCCC/C=C/C1(OC)CC1([Si](C)(C)C)S(=O)(=O)c1ccccc1. The van der Waals surface area contributed by atoms with E-state index in [0.29, 0.717) is 11.3 Å². The first-order chi connectivity index (χ1) is 12.2. The minimum Gasteiger partial charge on any atom is -0.373 e. The molecular weight excluding hydrogens is 360 g/mol. The number of hydrogen-bond acceptors (Lipinski definition) is 3. The van der Waals surface area contributed by atoms with Gasteiger partial charge in [0, 0.05) is 13.5 Å². The average Bonchev–Trinajstić information content (AvgIpc) is 3.31. The van der Waals surface area contributed by atoms with Crippen LogP contribution in [0.5, 0.6) is 0 Å². The Bertz CT molecular complexity index is 721. The summed E-state index contributed by atoms with van der Waals surface area (Å²) in [7, 11) is -3.91. The van der Waals surface area contributed by atoms with Crippen molar-refractivity contribution in [2.24, 2.45) is 0 Å². The van der Waals surface area contributed by atoms with Crippen LogP contribution in [0.15, 0.2) is 47.4 Å². The summed E-state index contributed by atoms with van der Waals surface area (Å²) in [5, 5.41) is 0. The Hall–Kier alpha value is -0.913. The van der Waals surface area contributed by atoms with Crippen LogP contribution in [0.2, 0.25) is 19.6 Å². The molecule has 0 saturated heterocycles. The van der Waals surface area contributed by atoms with Crippen LogP contribution in [0.3, 0.4) is 0 Å². The van der Waals surface area contributed by atoms with Crippen molar-refractivity contribution >= 4 is 17.9 Å². The molecule has 0 radical (unpaired) electrons. The van der Waals surface area contributed by atoms with E-state index in [1.165, 1.54) is 19.3 Å². The maximum atomic E-state index is 13.6. The van der Waals surface area contributed by atoms with Crippen molar-refractivity contribution in [3.8, 4) is 0 Å². The van der Waals surface area contributed by atoms with Crippen molar-refractivity contribution in [2.75, 3.05) is 7.11 Å². The van der Waals surface area contributed by atoms with E-state index in [-0.39, 0.29) is 0 Å². The minimum absolute atomic E-state index is 0.415. The first-order valence-electron chi connectivity index (χ1n) is 9.71. The summed E-state index contributed by atoms with van der Waals surface area (Å²) in [4.78, 5) is 0.415. The Kier molecular flexibility index (Phi) is 6.57. The second kappa shape index (κ2) is 7.99. The Labute approximate surface area is 160 Å². The highest BCUT2D eigenvalue weighted by atomic mass is 32.2. The molecule has 26 heavy (non-hydrogen) atoms. The molecule has 1 aromatic carbocycles. The predicted molar refractivity (Wildman–Crippen MR) is 112 cm³/mol. The molecule has 2 atom stereocenters. The van der Waals surface area contributed by atoms with Gasteiger partial charge in [0.15, 0.2) is 9.84 Å². The third kappa shape index (κ3) is 3.58. The Morgan fingerprint density at radius 2 is 1.77 bits per heavy atom. The van der Waals surface area contributed by atoms with E-state index >= 15 is 0 Å². The molecule has 1 saturated carbocycles. The fraction of sp³-hybridized carbons (Fsp3) is 0.619. The van der Waals surface area contributed by atoms with E-state index < -0.39 is 27.9 Å². The van der Waals surface area contributed by atoms with Crippen LogP contribution in [0.1, 0.15) is 45.4 Å². The second-order valence-corrected chi connectivity index (χ2v) is 16.3.